The molecule has 1 saturated heterocycles. The second-order valence-corrected chi connectivity index (χ2v) is 5.87. The number of aromatic nitrogens is 2. The fourth-order valence-electron chi connectivity index (χ4n) is 2.84. The standard InChI is InChI=1S/C17H24N4O/c1-3-16-19-17(22-20-16)13(2)18-14-8-7-9-15(12-14)21-10-5-4-6-11-21/h7-9,12-13,18H,3-6,10-11H2,1-2H3/t13-/m0/s1. The Hall–Kier alpha value is -2.04. The molecule has 1 aliphatic rings. The minimum absolute atomic E-state index is 0.00408. The van der Waals surface area contributed by atoms with Gasteiger partial charge < -0.3 is 14.7 Å². The van der Waals surface area contributed by atoms with Gasteiger partial charge in [-0.1, -0.05) is 18.1 Å². The van der Waals surface area contributed by atoms with Gasteiger partial charge in [0.2, 0.25) is 5.89 Å². The number of hydrogen-bond donors (Lipinski definition) is 1. The summed E-state index contributed by atoms with van der Waals surface area (Å²) >= 11 is 0. The summed E-state index contributed by atoms with van der Waals surface area (Å²) in [4.78, 5) is 6.85. The first-order chi connectivity index (χ1) is 10.8. The third-order valence-electron chi connectivity index (χ3n) is 4.12. The molecule has 1 aromatic heterocycles. The van der Waals surface area contributed by atoms with Gasteiger partial charge in [-0.2, -0.15) is 4.98 Å². The van der Waals surface area contributed by atoms with Crippen molar-refractivity contribution in [1.29, 1.82) is 0 Å². The van der Waals surface area contributed by atoms with Crippen LogP contribution < -0.4 is 10.2 Å². The Morgan fingerprint density at radius 2 is 2.09 bits per heavy atom. The van der Waals surface area contributed by atoms with Crippen molar-refractivity contribution in [3.05, 3.63) is 36.0 Å². The summed E-state index contributed by atoms with van der Waals surface area (Å²) in [7, 11) is 0. The van der Waals surface area contributed by atoms with Gasteiger partial charge in [0.05, 0.1) is 0 Å². The van der Waals surface area contributed by atoms with Crippen LogP contribution in [-0.4, -0.2) is 23.2 Å². The molecule has 1 fully saturated rings. The summed E-state index contributed by atoms with van der Waals surface area (Å²) in [5.74, 6) is 1.39. The Morgan fingerprint density at radius 1 is 1.27 bits per heavy atom. The van der Waals surface area contributed by atoms with Gasteiger partial charge >= 0.3 is 0 Å². The second-order valence-electron chi connectivity index (χ2n) is 5.87. The molecule has 0 unspecified atom stereocenters. The summed E-state index contributed by atoms with van der Waals surface area (Å²) in [6.07, 6.45) is 4.72. The SMILES string of the molecule is CCc1noc([C@H](C)Nc2cccc(N3CCCCC3)c2)n1. The average molecular weight is 300 g/mol. The van der Waals surface area contributed by atoms with E-state index in [1.807, 2.05) is 13.8 Å². The van der Waals surface area contributed by atoms with Crippen molar-refractivity contribution in [3.63, 3.8) is 0 Å². The molecule has 22 heavy (non-hydrogen) atoms. The third kappa shape index (κ3) is 3.40. The Morgan fingerprint density at radius 3 is 2.82 bits per heavy atom. The molecule has 0 spiro atoms. The lowest BCUT2D eigenvalue weighted by Crippen LogP contribution is -2.29. The highest BCUT2D eigenvalue weighted by Gasteiger charge is 2.15. The molecule has 0 radical (unpaired) electrons. The van der Waals surface area contributed by atoms with Crippen molar-refractivity contribution in [2.45, 2.75) is 45.6 Å². The van der Waals surface area contributed by atoms with Crippen molar-refractivity contribution < 1.29 is 4.52 Å². The number of benzene rings is 1. The molecule has 5 nitrogen and oxygen atoms in total. The average Bonchev–Trinajstić information content (AvgIpc) is 3.05. The van der Waals surface area contributed by atoms with Crippen LogP contribution in [0.15, 0.2) is 28.8 Å². The number of rotatable bonds is 5. The summed E-state index contributed by atoms with van der Waals surface area (Å²) < 4.78 is 5.30. The first kappa shape index (κ1) is 14.9. The van der Waals surface area contributed by atoms with Gasteiger partial charge in [0.15, 0.2) is 5.82 Å². The fourth-order valence-corrected chi connectivity index (χ4v) is 2.84. The lowest BCUT2D eigenvalue weighted by atomic mass is 10.1. The normalized spacial score (nSPS) is 16.5. The molecule has 2 aromatic rings. The van der Waals surface area contributed by atoms with E-state index in [9.17, 15) is 0 Å². The smallest absolute Gasteiger partial charge is 0.248 e. The Kier molecular flexibility index (Phi) is 4.61. The van der Waals surface area contributed by atoms with Crippen molar-refractivity contribution in [3.8, 4) is 0 Å². The van der Waals surface area contributed by atoms with Crippen molar-refractivity contribution in [2.75, 3.05) is 23.3 Å². The van der Waals surface area contributed by atoms with Crippen LogP contribution in [0.1, 0.15) is 50.9 Å². The molecular formula is C17H24N4O. The maximum Gasteiger partial charge on any atom is 0.248 e. The highest BCUT2D eigenvalue weighted by Crippen LogP contribution is 2.25. The summed E-state index contributed by atoms with van der Waals surface area (Å²) in [6.45, 7) is 6.38. The number of piperidine rings is 1. The third-order valence-corrected chi connectivity index (χ3v) is 4.12. The zero-order chi connectivity index (χ0) is 15.4. The van der Waals surface area contributed by atoms with Crippen LogP contribution in [0.4, 0.5) is 11.4 Å². The Balaban J connectivity index is 1.69. The van der Waals surface area contributed by atoms with Gasteiger partial charge in [-0.15, -0.1) is 0 Å². The van der Waals surface area contributed by atoms with E-state index in [4.69, 9.17) is 4.52 Å². The van der Waals surface area contributed by atoms with Crippen LogP contribution in [0.5, 0.6) is 0 Å². The molecule has 118 valence electrons. The van der Waals surface area contributed by atoms with Gasteiger partial charge in [-0.3, -0.25) is 0 Å². The van der Waals surface area contributed by atoms with E-state index >= 15 is 0 Å². The van der Waals surface area contributed by atoms with E-state index in [-0.39, 0.29) is 6.04 Å². The number of nitrogens with zero attached hydrogens (tertiary/aromatic N) is 3. The van der Waals surface area contributed by atoms with Crippen LogP contribution >= 0.6 is 0 Å². The molecule has 0 amide bonds. The second kappa shape index (κ2) is 6.81. The largest absolute Gasteiger partial charge is 0.374 e. The predicted molar refractivity (Wildman–Crippen MR) is 88.2 cm³/mol. The van der Waals surface area contributed by atoms with Gasteiger partial charge in [0, 0.05) is 30.9 Å². The van der Waals surface area contributed by atoms with Crippen LogP contribution in [0, 0.1) is 0 Å². The van der Waals surface area contributed by atoms with E-state index < -0.39 is 0 Å². The number of aryl methyl sites for hydroxylation is 1. The highest BCUT2D eigenvalue weighted by atomic mass is 16.5. The molecule has 0 bridgehead atoms. The quantitative estimate of drug-likeness (QED) is 0.910. The molecule has 3 rings (SSSR count). The number of hydrogen-bond acceptors (Lipinski definition) is 5. The highest BCUT2D eigenvalue weighted by molar-refractivity contribution is 5.58. The molecule has 1 aliphatic heterocycles. The summed E-state index contributed by atoms with van der Waals surface area (Å²) in [5, 5.41) is 7.41. The number of anilines is 2. The molecule has 5 heteroatoms. The molecule has 2 heterocycles. The van der Waals surface area contributed by atoms with Gasteiger partial charge in [0.1, 0.15) is 6.04 Å². The molecule has 1 atom stereocenters. The van der Waals surface area contributed by atoms with Crippen molar-refractivity contribution >= 4 is 11.4 Å². The van der Waals surface area contributed by atoms with Gasteiger partial charge in [-0.05, 0) is 44.4 Å². The maximum atomic E-state index is 5.30. The molecular weight excluding hydrogens is 276 g/mol. The van der Waals surface area contributed by atoms with E-state index in [0.717, 1.165) is 31.0 Å². The topological polar surface area (TPSA) is 54.2 Å². The van der Waals surface area contributed by atoms with Crippen molar-refractivity contribution in [1.82, 2.24) is 10.1 Å². The van der Waals surface area contributed by atoms with Gasteiger partial charge in [-0.25, -0.2) is 0 Å². The van der Waals surface area contributed by atoms with Crippen LogP contribution in [0.25, 0.3) is 0 Å². The first-order valence-electron chi connectivity index (χ1n) is 8.20. The zero-order valence-corrected chi connectivity index (χ0v) is 13.4. The Labute approximate surface area is 131 Å². The zero-order valence-electron chi connectivity index (χ0n) is 13.4. The lowest BCUT2D eigenvalue weighted by molar-refractivity contribution is 0.363. The number of nitrogens with one attached hydrogen (secondary N) is 1. The molecule has 0 saturated carbocycles. The molecule has 0 aliphatic carbocycles. The van der Waals surface area contributed by atoms with Crippen LogP contribution in [0.3, 0.4) is 0 Å². The van der Waals surface area contributed by atoms with E-state index in [1.165, 1.54) is 24.9 Å². The summed E-state index contributed by atoms with van der Waals surface area (Å²) in [6, 6.07) is 8.58. The van der Waals surface area contributed by atoms with E-state index in [2.05, 4.69) is 44.6 Å². The first-order valence-corrected chi connectivity index (χ1v) is 8.20. The van der Waals surface area contributed by atoms with Gasteiger partial charge in [0.25, 0.3) is 0 Å². The molecule has 1 N–H and O–H groups in total. The maximum absolute atomic E-state index is 5.30. The molecule has 1 aromatic carbocycles. The monoisotopic (exact) mass is 300 g/mol. The lowest BCUT2D eigenvalue weighted by Gasteiger charge is -2.29. The fraction of sp³-hybridized carbons (Fsp3) is 0.529. The van der Waals surface area contributed by atoms with Crippen LogP contribution in [-0.2, 0) is 6.42 Å². The van der Waals surface area contributed by atoms with Crippen molar-refractivity contribution in [2.24, 2.45) is 0 Å². The minimum Gasteiger partial charge on any atom is -0.374 e. The Bertz CT molecular complexity index is 604. The minimum atomic E-state index is 0.00408. The predicted octanol–water partition coefficient (Wildman–Crippen LogP) is 3.80. The van der Waals surface area contributed by atoms with E-state index in [0.29, 0.717) is 5.89 Å². The van der Waals surface area contributed by atoms with E-state index in [1.54, 1.807) is 0 Å². The summed E-state index contributed by atoms with van der Waals surface area (Å²) in [5.41, 5.74) is 2.38. The van der Waals surface area contributed by atoms with Crippen LogP contribution in [0.2, 0.25) is 0 Å².